The molecule has 2 amide bonds. The summed E-state index contributed by atoms with van der Waals surface area (Å²) in [6.07, 6.45) is 2.96. The Labute approximate surface area is 232 Å². The number of rotatable bonds is 12. The minimum Gasteiger partial charge on any atom is -0.354 e. The van der Waals surface area contributed by atoms with Gasteiger partial charge >= 0.3 is 0 Å². The number of amides is 2. The highest BCUT2D eigenvalue weighted by Crippen LogP contribution is 2.34. The molecule has 0 saturated carbocycles. The number of nitrogens with one attached hydrogen (secondary N) is 1. The molecule has 2 aromatic carbocycles. The summed E-state index contributed by atoms with van der Waals surface area (Å²) in [4.78, 5) is 28.0. The van der Waals surface area contributed by atoms with Crippen molar-refractivity contribution in [3.8, 4) is 0 Å². The predicted octanol–water partition coefficient (Wildman–Crippen LogP) is 5.79. The largest absolute Gasteiger partial charge is 0.354 e. The van der Waals surface area contributed by atoms with Crippen LogP contribution in [0.2, 0.25) is 20.1 Å². The molecule has 0 aliphatic carbocycles. The average molecular weight is 597 g/mol. The second-order valence-electron chi connectivity index (χ2n) is 8.18. The number of sulfonamides is 1. The van der Waals surface area contributed by atoms with Crippen molar-refractivity contribution in [2.75, 3.05) is 23.7 Å². The number of hydrogen-bond donors (Lipinski definition) is 1. The fourth-order valence-electron chi connectivity index (χ4n) is 3.54. The Morgan fingerprint density at radius 2 is 1.69 bits per heavy atom. The number of nitrogens with zero attached hydrogens (tertiary/aromatic N) is 2. The molecule has 0 unspecified atom stereocenters. The van der Waals surface area contributed by atoms with Gasteiger partial charge in [0.15, 0.2) is 0 Å². The number of anilines is 1. The van der Waals surface area contributed by atoms with Crippen molar-refractivity contribution in [3.05, 3.63) is 62.1 Å². The Morgan fingerprint density at radius 1 is 1.00 bits per heavy atom. The summed E-state index contributed by atoms with van der Waals surface area (Å²) in [6.45, 7) is 3.68. The third kappa shape index (κ3) is 8.15. The van der Waals surface area contributed by atoms with Crippen molar-refractivity contribution in [2.45, 2.75) is 45.7 Å². The summed E-state index contributed by atoms with van der Waals surface area (Å²) in [5.74, 6) is -0.925. The molecule has 0 aliphatic rings. The molecule has 12 heteroatoms. The van der Waals surface area contributed by atoms with E-state index in [9.17, 15) is 18.0 Å². The van der Waals surface area contributed by atoms with Gasteiger partial charge in [-0.3, -0.25) is 13.9 Å². The lowest BCUT2D eigenvalue weighted by Gasteiger charge is -2.33. The molecule has 1 N–H and O–H groups in total. The Kier molecular flexibility index (Phi) is 11.6. The van der Waals surface area contributed by atoms with Crippen LogP contribution in [0.5, 0.6) is 0 Å². The molecule has 0 fully saturated rings. The summed E-state index contributed by atoms with van der Waals surface area (Å²) in [6, 6.07) is 8.56. The molecular formula is C24H29Cl4N3O4S. The van der Waals surface area contributed by atoms with Crippen LogP contribution in [0.4, 0.5) is 5.69 Å². The first-order valence-corrected chi connectivity index (χ1v) is 14.7. The second kappa shape index (κ2) is 13.7. The van der Waals surface area contributed by atoms with Crippen LogP contribution in [0.1, 0.15) is 38.7 Å². The van der Waals surface area contributed by atoms with Crippen LogP contribution < -0.4 is 9.62 Å². The van der Waals surface area contributed by atoms with E-state index in [-0.39, 0.29) is 28.2 Å². The smallest absolute Gasteiger partial charge is 0.244 e. The molecular weight excluding hydrogens is 568 g/mol. The number of unbranched alkanes of at least 4 members (excludes halogenated alkanes) is 1. The SMILES string of the molecule is CCCCNC(=O)[C@H](CC)N(Cc1ccc(Cl)c(Cl)c1)C(=O)CN(c1cccc(Cl)c1Cl)S(C)(=O)=O. The zero-order chi connectivity index (χ0) is 27.0. The van der Waals surface area contributed by atoms with Gasteiger partial charge in [0.1, 0.15) is 12.6 Å². The van der Waals surface area contributed by atoms with Crippen LogP contribution in [0.15, 0.2) is 36.4 Å². The molecule has 2 aromatic rings. The van der Waals surface area contributed by atoms with E-state index in [1.165, 1.54) is 23.1 Å². The van der Waals surface area contributed by atoms with Crippen molar-refractivity contribution in [1.29, 1.82) is 0 Å². The van der Waals surface area contributed by atoms with E-state index in [4.69, 9.17) is 46.4 Å². The highest BCUT2D eigenvalue weighted by Gasteiger charge is 2.32. The molecule has 0 heterocycles. The molecule has 0 bridgehead atoms. The standard InChI is InChI=1S/C24H29Cl4N3O4S/c1-4-6-12-29-24(33)20(5-2)30(14-16-10-11-17(25)19(27)13-16)22(32)15-31(36(3,34)35)21-9-7-8-18(26)23(21)28/h7-11,13,20H,4-6,12,14-15H2,1-3H3,(H,29,33)/t20-/m0/s1. The normalized spacial score (nSPS) is 12.2. The maximum Gasteiger partial charge on any atom is 0.244 e. The molecule has 0 aromatic heterocycles. The van der Waals surface area contributed by atoms with Gasteiger partial charge in [0.2, 0.25) is 21.8 Å². The molecule has 0 spiro atoms. The molecule has 1 atom stereocenters. The Balaban J connectivity index is 2.47. The number of benzene rings is 2. The van der Waals surface area contributed by atoms with Crippen LogP contribution in [0.25, 0.3) is 0 Å². The van der Waals surface area contributed by atoms with Gasteiger partial charge in [-0.15, -0.1) is 0 Å². The lowest BCUT2D eigenvalue weighted by atomic mass is 10.1. The fraction of sp³-hybridized carbons (Fsp3) is 0.417. The Morgan fingerprint density at radius 3 is 2.28 bits per heavy atom. The van der Waals surface area contributed by atoms with Gasteiger partial charge in [0.05, 0.1) is 32.0 Å². The molecule has 0 radical (unpaired) electrons. The first-order chi connectivity index (χ1) is 16.9. The maximum absolute atomic E-state index is 13.7. The lowest BCUT2D eigenvalue weighted by Crippen LogP contribution is -2.52. The highest BCUT2D eigenvalue weighted by atomic mass is 35.5. The molecule has 2 rings (SSSR count). The minimum atomic E-state index is -3.94. The van der Waals surface area contributed by atoms with E-state index in [0.717, 1.165) is 23.4 Å². The highest BCUT2D eigenvalue weighted by molar-refractivity contribution is 7.92. The first-order valence-electron chi connectivity index (χ1n) is 11.3. The third-order valence-electron chi connectivity index (χ3n) is 5.43. The van der Waals surface area contributed by atoms with Crippen LogP contribution >= 0.6 is 46.4 Å². The van der Waals surface area contributed by atoms with Crippen molar-refractivity contribution >= 4 is 73.9 Å². The predicted molar refractivity (Wildman–Crippen MR) is 148 cm³/mol. The van der Waals surface area contributed by atoms with Gasteiger partial charge in [-0.25, -0.2) is 8.42 Å². The van der Waals surface area contributed by atoms with E-state index in [1.807, 2.05) is 6.92 Å². The van der Waals surface area contributed by atoms with E-state index in [2.05, 4.69) is 5.32 Å². The topological polar surface area (TPSA) is 86.8 Å². The summed E-state index contributed by atoms with van der Waals surface area (Å²) in [5.41, 5.74) is 0.694. The summed E-state index contributed by atoms with van der Waals surface area (Å²) >= 11 is 24.6. The average Bonchev–Trinajstić information content (AvgIpc) is 2.81. The van der Waals surface area contributed by atoms with Crippen molar-refractivity contribution in [3.63, 3.8) is 0 Å². The van der Waals surface area contributed by atoms with Gasteiger partial charge in [-0.1, -0.05) is 78.8 Å². The van der Waals surface area contributed by atoms with E-state index < -0.39 is 28.5 Å². The quantitative estimate of drug-likeness (QED) is 0.314. The fourth-order valence-corrected chi connectivity index (χ4v) is 5.16. The van der Waals surface area contributed by atoms with Gasteiger partial charge in [0.25, 0.3) is 0 Å². The minimum absolute atomic E-state index is 0.00206. The van der Waals surface area contributed by atoms with Crippen LogP contribution in [-0.4, -0.2) is 50.5 Å². The van der Waals surface area contributed by atoms with Crippen LogP contribution in [0, 0.1) is 0 Å². The summed E-state index contributed by atoms with van der Waals surface area (Å²) < 4.78 is 26.2. The third-order valence-corrected chi connectivity index (χ3v) is 8.11. The lowest BCUT2D eigenvalue weighted by molar-refractivity contribution is -0.140. The molecule has 0 saturated heterocycles. The monoisotopic (exact) mass is 595 g/mol. The number of hydrogen-bond acceptors (Lipinski definition) is 4. The summed E-state index contributed by atoms with van der Waals surface area (Å²) in [7, 11) is -3.94. The molecule has 36 heavy (non-hydrogen) atoms. The maximum atomic E-state index is 13.7. The zero-order valence-corrected chi connectivity index (χ0v) is 24.1. The first kappa shape index (κ1) is 30.5. The van der Waals surface area contributed by atoms with Crippen molar-refractivity contribution in [1.82, 2.24) is 10.2 Å². The van der Waals surface area contributed by atoms with Crippen molar-refractivity contribution in [2.24, 2.45) is 0 Å². The van der Waals surface area contributed by atoms with Gasteiger partial charge in [-0.05, 0) is 42.7 Å². The van der Waals surface area contributed by atoms with Crippen LogP contribution in [-0.2, 0) is 26.2 Å². The van der Waals surface area contributed by atoms with E-state index >= 15 is 0 Å². The molecule has 7 nitrogen and oxygen atoms in total. The van der Waals surface area contributed by atoms with Crippen LogP contribution in [0.3, 0.4) is 0 Å². The number of halogens is 4. The van der Waals surface area contributed by atoms with E-state index in [1.54, 1.807) is 25.1 Å². The number of carbonyl (C=O) groups excluding carboxylic acids is 2. The van der Waals surface area contributed by atoms with Gasteiger partial charge < -0.3 is 10.2 Å². The van der Waals surface area contributed by atoms with Gasteiger partial charge in [-0.2, -0.15) is 0 Å². The number of carbonyl (C=O) groups is 2. The molecule has 0 aliphatic heterocycles. The van der Waals surface area contributed by atoms with Gasteiger partial charge in [0, 0.05) is 13.1 Å². The second-order valence-corrected chi connectivity index (χ2v) is 11.7. The van der Waals surface area contributed by atoms with Crippen molar-refractivity contribution < 1.29 is 18.0 Å². The molecule has 198 valence electrons. The van der Waals surface area contributed by atoms with E-state index in [0.29, 0.717) is 28.6 Å². The Hall–Kier alpha value is -1.71. The Bertz CT molecular complexity index is 1190. The zero-order valence-electron chi connectivity index (χ0n) is 20.2. The summed E-state index contributed by atoms with van der Waals surface area (Å²) in [5, 5.41) is 3.64.